The number of nitrogens with zero attached hydrogens (tertiary/aromatic N) is 1. The van der Waals surface area contributed by atoms with Crippen LogP contribution in [0.5, 0.6) is 0 Å². The molecular weight excluding hydrogens is 282 g/mol. The van der Waals surface area contributed by atoms with Crippen molar-refractivity contribution in [3.63, 3.8) is 0 Å². The molecule has 0 spiro atoms. The SMILES string of the molecule is C=C(CC)c1ccccc1.C=C(N)NCC.CCCN(C)CC. The van der Waals surface area contributed by atoms with Gasteiger partial charge in [-0.3, -0.25) is 0 Å². The zero-order chi connectivity index (χ0) is 18.1. The molecule has 3 N–H and O–H groups in total. The van der Waals surface area contributed by atoms with Crippen LogP contribution in [-0.2, 0) is 0 Å². The van der Waals surface area contributed by atoms with E-state index < -0.39 is 0 Å². The predicted octanol–water partition coefficient (Wildman–Crippen LogP) is 4.48. The summed E-state index contributed by atoms with van der Waals surface area (Å²) in [5, 5.41) is 2.79. The highest BCUT2D eigenvalue weighted by atomic mass is 15.1. The first-order valence-electron chi connectivity index (χ1n) is 8.52. The van der Waals surface area contributed by atoms with Crippen molar-refractivity contribution < 1.29 is 0 Å². The number of rotatable bonds is 7. The Bertz CT molecular complexity index is 399. The summed E-state index contributed by atoms with van der Waals surface area (Å²) < 4.78 is 0. The quantitative estimate of drug-likeness (QED) is 0.778. The smallest absolute Gasteiger partial charge is 0.0885 e. The van der Waals surface area contributed by atoms with Gasteiger partial charge in [-0.15, -0.1) is 0 Å². The lowest BCUT2D eigenvalue weighted by molar-refractivity contribution is 0.353. The summed E-state index contributed by atoms with van der Waals surface area (Å²) in [4.78, 5) is 2.31. The van der Waals surface area contributed by atoms with Crippen LogP contribution in [-0.4, -0.2) is 31.6 Å². The highest BCUT2D eigenvalue weighted by Crippen LogP contribution is 2.13. The van der Waals surface area contributed by atoms with E-state index in [4.69, 9.17) is 5.73 Å². The highest BCUT2D eigenvalue weighted by molar-refractivity contribution is 5.62. The number of hydrogen-bond donors (Lipinski definition) is 2. The Hall–Kier alpha value is -1.74. The van der Waals surface area contributed by atoms with Gasteiger partial charge in [-0.1, -0.05) is 64.3 Å². The van der Waals surface area contributed by atoms with Gasteiger partial charge in [0.05, 0.1) is 5.82 Å². The third kappa shape index (κ3) is 16.5. The summed E-state index contributed by atoms with van der Waals surface area (Å²) in [7, 11) is 2.14. The van der Waals surface area contributed by atoms with Gasteiger partial charge in [-0.05, 0) is 51.0 Å². The van der Waals surface area contributed by atoms with Crippen molar-refractivity contribution in [3.8, 4) is 0 Å². The van der Waals surface area contributed by atoms with Crippen molar-refractivity contribution in [3.05, 3.63) is 54.9 Å². The molecule has 0 saturated carbocycles. The van der Waals surface area contributed by atoms with Crippen molar-refractivity contribution >= 4 is 5.57 Å². The van der Waals surface area contributed by atoms with Crippen LogP contribution in [0.1, 0.15) is 46.1 Å². The van der Waals surface area contributed by atoms with Crippen LogP contribution in [0.4, 0.5) is 0 Å². The standard InChI is InChI=1S/C10H12.C6H15N.C4H10N2/c1-3-9(2)10-7-5-4-6-8-10;1-4-6-7(3)5-2;1-3-6-4(2)5/h4-8H,2-3H2,1H3;4-6H2,1-3H3;6H,2-3,5H2,1H3. The highest BCUT2D eigenvalue weighted by Gasteiger charge is 1.91. The van der Waals surface area contributed by atoms with E-state index in [1.165, 1.54) is 30.6 Å². The first-order chi connectivity index (χ1) is 10.9. The third-order valence-corrected chi connectivity index (χ3v) is 3.16. The molecular formula is C20H37N3. The van der Waals surface area contributed by atoms with Crippen molar-refractivity contribution in [1.29, 1.82) is 0 Å². The van der Waals surface area contributed by atoms with Gasteiger partial charge in [0.1, 0.15) is 0 Å². The maximum atomic E-state index is 5.10. The molecule has 0 atom stereocenters. The zero-order valence-corrected chi connectivity index (χ0v) is 15.9. The summed E-state index contributed by atoms with van der Waals surface area (Å²) in [6, 6.07) is 10.3. The van der Waals surface area contributed by atoms with Gasteiger partial charge in [0.15, 0.2) is 0 Å². The summed E-state index contributed by atoms with van der Waals surface area (Å²) in [6.07, 6.45) is 2.30. The van der Waals surface area contributed by atoms with E-state index in [1.54, 1.807) is 0 Å². The van der Waals surface area contributed by atoms with E-state index in [-0.39, 0.29) is 0 Å². The fourth-order valence-electron chi connectivity index (χ4n) is 1.64. The predicted molar refractivity (Wildman–Crippen MR) is 106 cm³/mol. The Balaban J connectivity index is 0. The van der Waals surface area contributed by atoms with Crippen molar-refractivity contribution in [2.45, 2.75) is 40.5 Å². The lowest BCUT2D eigenvalue weighted by Gasteiger charge is -2.10. The number of hydrogen-bond acceptors (Lipinski definition) is 3. The fourth-order valence-corrected chi connectivity index (χ4v) is 1.64. The van der Waals surface area contributed by atoms with Crippen LogP contribution in [0.25, 0.3) is 5.57 Å². The average molecular weight is 320 g/mol. The minimum absolute atomic E-state index is 0.539. The third-order valence-electron chi connectivity index (χ3n) is 3.16. The molecule has 0 aromatic heterocycles. The monoisotopic (exact) mass is 319 g/mol. The molecule has 23 heavy (non-hydrogen) atoms. The average Bonchev–Trinajstić information content (AvgIpc) is 2.56. The molecule has 0 unspecified atom stereocenters. The molecule has 0 heterocycles. The molecule has 0 aliphatic heterocycles. The second kappa shape index (κ2) is 16.6. The molecule has 3 heteroatoms. The number of nitrogens with two attached hydrogens (primary N) is 1. The molecule has 0 saturated heterocycles. The molecule has 0 aliphatic carbocycles. The second-order valence-corrected chi connectivity index (χ2v) is 5.27. The van der Waals surface area contributed by atoms with Crippen LogP contribution in [0.2, 0.25) is 0 Å². The number of benzene rings is 1. The van der Waals surface area contributed by atoms with Crippen LogP contribution >= 0.6 is 0 Å². The van der Waals surface area contributed by atoms with Crippen LogP contribution in [0.15, 0.2) is 49.3 Å². The van der Waals surface area contributed by atoms with Crippen molar-refractivity contribution in [2.75, 3.05) is 26.7 Å². The maximum Gasteiger partial charge on any atom is 0.0885 e. The molecule has 3 nitrogen and oxygen atoms in total. The Morgan fingerprint density at radius 3 is 1.91 bits per heavy atom. The Morgan fingerprint density at radius 2 is 1.65 bits per heavy atom. The van der Waals surface area contributed by atoms with E-state index in [2.05, 4.69) is 63.3 Å². The topological polar surface area (TPSA) is 41.3 Å². The summed E-state index contributed by atoms with van der Waals surface area (Å²) >= 11 is 0. The minimum Gasteiger partial charge on any atom is -0.386 e. The molecule has 0 radical (unpaired) electrons. The maximum absolute atomic E-state index is 5.10. The Labute approximate surface area is 144 Å². The molecule has 0 bridgehead atoms. The van der Waals surface area contributed by atoms with E-state index in [0.717, 1.165) is 13.0 Å². The van der Waals surface area contributed by atoms with Crippen molar-refractivity contribution in [1.82, 2.24) is 10.2 Å². The Morgan fingerprint density at radius 1 is 1.09 bits per heavy atom. The van der Waals surface area contributed by atoms with Gasteiger partial charge in [-0.25, -0.2) is 0 Å². The first-order valence-corrected chi connectivity index (χ1v) is 8.52. The summed E-state index contributed by atoms with van der Waals surface area (Å²) in [5.41, 5.74) is 7.56. The van der Waals surface area contributed by atoms with Gasteiger partial charge in [-0.2, -0.15) is 0 Å². The molecule has 1 aromatic rings. The fraction of sp³-hybridized carbons (Fsp3) is 0.500. The molecule has 132 valence electrons. The van der Waals surface area contributed by atoms with E-state index in [0.29, 0.717) is 5.82 Å². The second-order valence-electron chi connectivity index (χ2n) is 5.27. The lowest BCUT2D eigenvalue weighted by atomic mass is 10.1. The van der Waals surface area contributed by atoms with Crippen molar-refractivity contribution in [2.24, 2.45) is 5.73 Å². The molecule has 0 amide bonds. The minimum atomic E-state index is 0.539. The van der Waals surface area contributed by atoms with Gasteiger partial charge in [0.2, 0.25) is 0 Å². The summed E-state index contributed by atoms with van der Waals surface area (Å²) in [6.45, 7) is 19.1. The number of nitrogens with one attached hydrogen (secondary N) is 1. The van der Waals surface area contributed by atoms with E-state index >= 15 is 0 Å². The van der Waals surface area contributed by atoms with Crippen LogP contribution < -0.4 is 11.1 Å². The zero-order valence-electron chi connectivity index (χ0n) is 15.9. The van der Waals surface area contributed by atoms with Gasteiger partial charge in [0, 0.05) is 6.54 Å². The first kappa shape index (κ1) is 23.5. The molecule has 1 aromatic carbocycles. The van der Waals surface area contributed by atoms with Crippen LogP contribution in [0, 0.1) is 0 Å². The molecule has 0 fully saturated rings. The summed E-state index contributed by atoms with van der Waals surface area (Å²) in [5.74, 6) is 0.539. The van der Waals surface area contributed by atoms with Gasteiger partial charge >= 0.3 is 0 Å². The van der Waals surface area contributed by atoms with Gasteiger partial charge in [0.25, 0.3) is 0 Å². The van der Waals surface area contributed by atoms with Crippen LogP contribution in [0.3, 0.4) is 0 Å². The largest absolute Gasteiger partial charge is 0.386 e. The van der Waals surface area contributed by atoms with Gasteiger partial charge < -0.3 is 16.0 Å². The Kier molecular flexibility index (Phi) is 17.0. The lowest BCUT2D eigenvalue weighted by Crippen LogP contribution is -2.17. The van der Waals surface area contributed by atoms with E-state index in [9.17, 15) is 0 Å². The normalized spacial score (nSPS) is 9.13. The number of allylic oxidation sites excluding steroid dienone is 1. The molecule has 1 rings (SSSR count). The van der Waals surface area contributed by atoms with E-state index in [1.807, 2.05) is 25.1 Å². The molecule has 0 aliphatic rings.